The summed E-state index contributed by atoms with van der Waals surface area (Å²) in [5.41, 5.74) is 0. The highest BCUT2D eigenvalue weighted by Crippen LogP contribution is 2.17. The standard InChI is InChI=1S/C64H115NO8/c1-6-8-10-12-14-16-18-20-22-23-24-25-26-27-28-29-30-31-32-33-34-35-36-37-38-39-41-42-44-46-48-50-52-54-61(66)71-58-60(59-72-64(63(68)69)70-57-56-65(3,4)5)73-62(67)55-53-51-49-47-45-43-40-21-19-17-15-13-11-9-7-2/h9,11,15,17,21,23-24,40,45,47,60,64H,6-8,10,12-14,16,18-20,22,25-39,41-44,46,48-59H2,1-5H3/b11-9-,17-15-,24-23-,40-21-,47-45-. The molecule has 0 rings (SSSR count). The fourth-order valence-electron chi connectivity index (χ4n) is 8.58. The summed E-state index contributed by atoms with van der Waals surface area (Å²) in [6, 6.07) is 0. The van der Waals surface area contributed by atoms with Crippen LogP contribution in [0.2, 0.25) is 0 Å². The third-order valence-corrected chi connectivity index (χ3v) is 13.2. The molecular weight excluding hydrogens is 911 g/mol. The van der Waals surface area contributed by atoms with E-state index in [1.165, 1.54) is 180 Å². The van der Waals surface area contributed by atoms with E-state index < -0.39 is 24.3 Å². The van der Waals surface area contributed by atoms with Crippen molar-refractivity contribution in [3.63, 3.8) is 0 Å². The van der Waals surface area contributed by atoms with Gasteiger partial charge in [0.05, 0.1) is 40.3 Å². The van der Waals surface area contributed by atoms with Crippen LogP contribution in [0.15, 0.2) is 60.8 Å². The highest BCUT2D eigenvalue weighted by molar-refractivity contribution is 5.70. The van der Waals surface area contributed by atoms with Gasteiger partial charge in [-0.15, -0.1) is 0 Å². The van der Waals surface area contributed by atoms with Crippen LogP contribution < -0.4 is 5.11 Å². The number of rotatable bonds is 56. The second-order valence-corrected chi connectivity index (χ2v) is 21.6. The number of ether oxygens (including phenoxy) is 4. The Morgan fingerprint density at radius 3 is 1.21 bits per heavy atom. The highest BCUT2D eigenvalue weighted by Gasteiger charge is 2.22. The van der Waals surface area contributed by atoms with Crippen molar-refractivity contribution in [1.82, 2.24) is 0 Å². The van der Waals surface area contributed by atoms with Gasteiger partial charge in [0, 0.05) is 12.8 Å². The molecule has 0 fully saturated rings. The van der Waals surface area contributed by atoms with Gasteiger partial charge in [0.2, 0.25) is 0 Å². The van der Waals surface area contributed by atoms with Crippen LogP contribution in [0, 0.1) is 0 Å². The molecule has 0 heterocycles. The van der Waals surface area contributed by atoms with Gasteiger partial charge in [-0.1, -0.05) is 242 Å². The summed E-state index contributed by atoms with van der Waals surface area (Å²) in [5, 5.41) is 11.8. The van der Waals surface area contributed by atoms with E-state index in [1.807, 2.05) is 21.1 Å². The number of carbonyl (C=O) groups excluding carboxylic acids is 3. The molecule has 424 valence electrons. The molecule has 0 spiro atoms. The van der Waals surface area contributed by atoms with Gasteiger partial charge in [-0.3, -0.25) is 9.59 Å². The Morgan fingerprint density at radius 1 is 0.425 bits per heavy atom. The minimum atomic E-state index is -1.63. The molecule has 0 aliphatic carbocycles. The Kier molecular flexibility index (Phi) is 53.0. The summed E-state index contributed by atoms with van der Waals surface area (Å²) < 4.78 is 22.6. The van der Waals surface area contributed by atoms with E-state index in [4.69, 9.17) is 18.9 Å². The SMILES string of the molecule is CC/C=C\C/C=C\C/C=C\C/C=C\CCCCC(=O)OC(COC(=O)CCCCCCCCCCCCCCCCCCCCCCC/C=C\CCCCCCCCCC)COC(OCC[N+](C)(C)C)C(=O)[O-]. The van der Waals surface area contributed by atoms with Crippen LogP contribution in [-0.2, 0) is 33.3 Å². The van der Waals surface area contributed by atoms with Crippen molar-refractivity contribution < 1.29 is 42.9 Å². The van der Waals surface area contributed by atoms with Gasteiger partial charge in [-0.2, -0.15) is 0 Å². The number of carbonyl (C=O) groups is 3. The maximum Gasteiger partial charge on any atom is 0.306 e. The summed E-state index contributed by atoms with van der Waals surface area (Å²) in [4.78, 5) is 37.2. The number of unbranched alkanes of at least 4 members (excludes halogenated alkanes) is 31. The number of carboxylic acids is 1. The Bertz CT molecular complexity index is 1380. The molecule has 0 aromatic heterocycles. The molecule has 0 saturated heterocycles. The topological polar surface area (TPSA) is 111 Å². The fraction of sp³-hybridized carbons (Fsp3) is 0.797. The van der Waals surface area contributed by atoms with E-state index in [0.717, 1.165) is 57.8 Å². The predicted octanol–water partition coefficient (Wildman–Crippen LogP) is 16.7. The molecule has 0 saturated carbocycles. The number of aliphatic carboxylic acids is 1. The molecule has 0 N–H and O–H groups in total. The number of hydrogen-bond donors (Lipinski definition) is 0. The van der Waals surface area contributed by atoms with Crippen molar-refractivity contribution in [2.24, 2.45) is 0 Å². The molecule has 0 bridgehead atoms. The number of nitrogens with zero attached hydrogens (tertiary/aromatic N) is 1. The third-order valence-electron chi connectivity index (χ3n) is 13.2. The largest absolute Gasteiger partial charge is 0.545 e. The minimum Gasteiger partial charge on any atom is -0.545 e. The van der Waals surface area contributed by atoms with Gasteiger partial charge in [-0.05, 0) is 77.0 Å². The van der Waals surface area contributed by atoms with E-state index in [-0.39, 0.29) is 38.6 Å². The molecule has 2 unspecified atom stereocenters. The smallest absolute Gasteiger partial charge is 0.306 e. The maximum atomic E-state index is 12.8. The van der Waals surface area contributed by atoms with Gasteiger partial charge in [0.25, 0.3) is 0 Å². The maximum absolute atomic E-state index is 12.8. The van der Waals surface area contributed by atoms with Gasteiger partial charge in [0.1, 0.15) is 13.2 Å². The number of hydrogen-bond acceptors (Lipinski definition) is 8. The van der Waals surface area contributed by atoms with Crippen LogP contribution in [0.25, 0.3) is 0 Å². The lowest BCUT2D eigenvalue weighted by Crippen LogP contribution is -2.44. The number of carboxylic acid groups (broad SMARTS) is 1. The summed E-state index contributed by atoms with van der Waals surface area (Å²) in [6.07, 6.45) is 67.4. The Balaban J connectivity index is 4.07. The highest BCUT2D eigenvalue weighted by atomic mass is 16.7. The first-order chi connectivity index (χ1) is 35.6. The summed E-state index contributed by atoms with van der Waals surface area (Å²) >= 11 is 0. The molecule has 0 aromatic carbocycles. The van der Waals surface area contributed by atoms with E-state index >= 15 is 0 Å². The molecular formula is C64H115NO8. The molecule has 9 heteroatoms. The van der Waals surface area contributed by atoms with Crippen molar-refractivity contribution in [3.8, 4) is 0 Å². The summed E-state index contributed by atoms with van der Waals surface area (Å²) in [5.74, 6) is -2.33. The Morgan fingerprint density at radius 2 is 0.781 bits per heavy atom. The number of quaternary nitrogens is 1. The van der Waals surface area contributed by atoms with Crippen molar-refractivity contribution in [2.75, 3.05) is 47.5 Å². The Labute approximate surface area is 450 Å². The van der Waals surface area contributed by atoms with Crippen LogP contribution in [0.4, 0.5) is 0 Å². The van der Waals surface area contributed by atoms with Gasteiger partial charge in [-0.25, -0.2) is 0 Å². The number of likely N-dealkylation sites (N-methyl/N-ethyl adjacent to an activating group) is 1. The quantitative estimate of drug-likeness (QED) is 0.0195. The van der Waals surface area contributed by atoms with Crippen molar-refractivity contribution in [2.45, 2.75) is 283 Å². The second-order valence-electron chi connectivity index (χ2n) is 21.6. The first kappa shape index (κ1) is 70.0. The average molecular weight is 1030 g/mol. The van der Waals surface area contributed by atoms with Gasteiger partial charge in [0.15, 0.2) is 12.4 Å². The molecule has 2 atom stereocenters. The van der Waals surface area contributed by atoms with E-state index in [0.29, 0.717) is 17.4 Å². The fourth-order valence-corrected chi connectivity index (χ4v) is 8.58. The van der Waals surface area contributed by atoms with Crippen molar-refractivity contribution in [1.29, 1.82) is 0 Å². The van der Waals surface area contributed by atoms with Gasteiger partial charge < -0.3 is 33.3 Å². The summed E-state index contributed by atoms with van der Waals surface area (Å²) in [7, 11) is 5.91. The zero-order valence-corrected chi connectivity index (χ0v) is 48.3. The van der Waals surface area contributed by atoms with Crippen LogP contribution in [0.5, 0.6) is 0 Å². The normalized spacial score (nSPS) is 13.2. The lowest BCUT2D eigenvalue weighted by Gasteiger charge is -2.26. The first-order valence-corrected chi connectivity index (χ1v) is 30.4. The molecule has 73 heavy (non-hydrogen) atoms. The zero-order valence-electron chi connectivity index (χ0n) is 48.3. The lowest BCUT2D eigenvalue weighted by molar-refractivity contribution is -0.870. The van der Waals surface area contributed by atoms with Crippen molar-refractivity contribution >= 4 is 17.9 Å². The van der Waals surface area contributed by atoms with Crippen LogP contribution >= 0.6 is 0 Å². The summed E-state index contributed by atoms with van der Waals surface area (Å²) in [6.45, 7) is 4.60. The minimum absolute atomic E-state index is 0.139. The monoisotopic (exact) mass is 1030 g/mol. The molecule has 9 nitrogen and oxygen atoms in total. The third kappa shape index (κ3) is 56.6. The van der Waals surface area contributed by atoms with Crippen LogP contribution in [0.3, 0.4) is 0 Å². The molecule has 0 aromatic rings. The number of esters is 2. The predicted molar refractivity (Wildman–Crippen MR) is 306 cm³/mol. The van der Waals surface area contributed by atoms with Crippen LogP contribution in [-0.4, -0.2) is 82.3 Å². The second kappa shape index (κ2) is 55.2. The molecule has 0 aliphatic heterocycles. The first-order valence-electron chi connectivity index (χ1n) is 30.4. The van der Waals surface area contributed by atoms with Crippen molar-refractivity contribution in [3.05, 3.63) is 60.8 Å². The van der Waals surface area contributed by atoms with E-state index in [1.54, 1.807) is 0 Å². The zero-order chi connectivity index (χ0) is 53.4. The van der Waals surface area contributed by atoms with E-state index in [2.05, 4.69) is 74.6 Å². The number of allylic oxidation sites excluding steroid dienone is 10. The Hall–Kier alpha value is -3.01. The average Bonchev–Trinajstić information content (AvgIpc) is 3.36. The lowest BCUT2D eigenvalue weighted by atomic mass is 10.0. The van der Waals surface area contributed by atoms with Gasteiger partial charge >= 0.3 is 11.9 Å². The molecule has 0 aliphatic rings. The van der Waals surface area contributed by atoms with E-state index in [9.17, 15) is 19.5 Å². The van der Waals surface area contributed by atoms with Crippen LogP contribution in [0.1, 0.15) is 271 Å². The molecule has 0 radical (unpaired) electrons. The molecule has 0 amide bonds.